The Morgan fingerprint density at radius 2 is 1.71 bits per heavy atom. The van der Waals surface area contributed by atoms with Crippen LogP contribution in [0.3, 0.4) is 0 Å². The predicted molar refractivity (Wildman–Crippen MR) is 70.8 cm³/mol. The number of hydrogen-bond acceptors (Lipinski definition) is 5. The lowest BCUT2D eigenvalue weighted by molar-refractivity contribution is -0.161. The highest BCUT2D eigenvalue weighted by Crippen LogP contribution is 2.22. The molecule has 1 aliphatic heterocycles. The van der Waals surface area contributed by atoms with E-state index in [-0.39, 0.29) is 11.1 Å². The van der Waals surface area contributed by atoms with E-state index in [9.17, 15) is 14.4 Å². The second-order valence-electron chi connectivity index (χ2n) is 4.21. The van der Waals surface area contributed by atoms with Crippen LogP contribution in [0.1, 0.15) is 26.5 Å². The Morgan fingerprint density at radius 3 is 2.29 bits per heavy atom. The molecule has 1 aromatic heterocycles. The molecule has 0 saturated carbocycles. The summed E-state index contributed by atoms with van der Waals surface area (Å²) in [4.78, 5) is 40.3. The van der Waals surface area contributed by atoms with Gasteiger partial charge in [-0.3, -0.25) is 9.59 Å². The second-order valence-corrected chi connectivity index (χ2v) is 4.21. The minimum Gasteiger partial charge on any atom is -0.465 e. The van der Waals surface area contributed by atoms with Crippen molar-refractivity contribution in [2.45, 2.75) is 0 Å². The molecule has 6 heteroatoms. The van der Waals surface area contributed by atoms with Crippen molar-refractivity contribution in [3.8, 4) is 0 Å². The van der Waals surface area contributed by atoms with Crippen molar-refractivity contribution in [3.63, 3.8) is 0 Å². The predicted octanol–water partition coefficient (Wildman–Crippen LogP) is 2.05. The van der Waals surface area contributed by atoms with Gasteiger partial charge in [0.2, 0.25) is 0 Å². The highest BCUT2D eigenvalue weighted by molar-refractivity contribution is 6.21. The van der Waals surface area contributed by atoms with Crippen LogP contribution in [0.15, 0.2) is 53.2 Å². The molecule has 6 nitrogen and oxygen atoms in total. The lowest BCUT2D eigenvalue weighted by Gasteiger charge is -2.10. The summed E-state index contributed by atoms with van der Waals surface area (Å²) in [6.45, 7) is 0. The van der Waals surface area contributed by atoms with Crippen molar-refractivity contribution in [2.75, 3.05) is 0 Å². The van der Waals surface area contributed by atoms with Crippen LogP contribution in [0, 0.1) is 0 Å². The smallest absolute Gasteiger partial charge is 0.356 e. The molecule has 0 unspecified atom stereocenters. The van der Waals surface area contributed by atoms with Gasteiger partial charge in [0.15, 0.2) is 0 Å². The Bertz CT molecular complexity index is 710. The van der Waals surface area contributed by atoms with Gasteiger partial charge in [0.25, 0.3) is 11.8 Å². The maximum atomic E-state index is 12.0. The number of nitrogens with zero attached hydrogens (tertiary/aromatic N) is 1. The van der Waals surface area contributed by atoms with E-state index in [2.05, 4.69) is 0 Å². The van der Waals surface area contributed by atoms with Gasteiger partial charge in [-0.05, 0) is 30.3 Å². The van der Waals surface area contributed by atoms with Crippen LogP contribution in [-0.4, -0.2) is 22.8 Å². The van der Waals surface area contributed by atoms with E-state index in [1.54, 1.807) is 24.3 Å². The molecule has 0 radical (unpaired) electrons. The van der Waals surface area contributed by atoms with Crippen LogP contribution < -0.4 is 0 Å². The Labute approximate surface area is 119 Å². The molecule has 21 heavy (non-hydrogen) atoms. The van der Waals surface area contributed by atoms with E-state index >= 15 is 0 Å². The van der Waals surface area contributed by atoms with Crippen LogP contribution in [0.2, 0.25) is 0 Å². The fourth-order valence-corrected chi connectivity index (χ4v) is 1.91. The number of amides is 2. The number of furan rings is 1. The maximum absolute atomic E-state index is 12.0. The van der Waals surface area contributed by atoms with Gasteiger partial charge in [-0.15, -0.1) is 0 Å². The summed E-state index contributed by atoms with van der Waals surface area (Å²) in [5.41, 5.74) is 0.427. The number of hydrogen-bond donors (Lipinski definition) is 0. The lowest BCUT2D eigenvalue weighted by atomic mass is 10.1. The molecule has 0 atom stereocenters. The van der Waals surface area contributed by atoms with Gasteiger partial charge < -0.3 is 9.25 Å². The Balaban J connectivity index is 1.73. The van der Waals surface area contributed by atoms with E-state index in [1.807, 2.05) is 0 Å². The number of hydroxylamine groups is 2. The fraction of sp³-hybridized carbons (Fsp3) is 0. The third kappa shape index (κ3) is 2.34. The molecular weight excluding hydrogens is 274 g/mol. The average molecular weight is 283 g/mol. The lowest BCUT2D eigenvalue weighted by Crippen LogP contribution is -2.32. The molecular formula is C15H9NO5. The van der Waals surface area contributed by atoms with Gasteiger partial charge in [-0.1, -0.05) is 17.2 Å². The summed E-state index contributed by atoms with van der Waals surface area (Å²) < 4.78 is 5.00. The van der Waals surface area contributed by atoms with E-state index in [4.69, 9.17) is 9.25 Å². The Kier molecular flexibility index (Phi) is 3.12. The first-order valence-electron chi connectivity index (χ1n) is 6.08. The molecule has 2 amide bonds. The maximum Gasteiger partial charge on any atom is 0.356 e. The molecule has 104 valence electrons. The van der Waals surface area contributed by atoms with E-state index in [0.717, 1.165) is 6.08 Å². The molecule has 0 fully saturated rings. The zero-order valence-electron chi connectivity index (χ0n) is 10.7. The van der Waals surface area contributed by atoms with E-state index in [0.29, 0.717) is 10.8 Å². The first-order chi connectivity index (χ1) is 10.2. The van der Waals surface area contributed by atoms with Crippen LogP contribution in [-0.2, 0) is 9.63 Å². The largest absolute Gasteiger partial charge is 0.465 e. The van der Waals surface area contributed by atoms with Crippen LogP contribution in [0.4, 0.5) is 0 Å². The van der Waals surface area contributed by atoms with Crippen LogP contribution in [0.25, 0.3) is 6.08 Å². The molecule has 0 saturated heterocycles. The number of fused-ring (bicyclic) bond motifs is 1. The van der Waals surface area contributed by atoms with Crippen molar-refractivity contribution in [2.24, 2.45) is 0 Å². The van der Waals surface area contributed by atoms with Crippen LogP contribution in [0.5, 0.6) is 0 Å². The normalized spacial score (nSPS) is 13.8. The minimum absolute atomic E-state index is 0.213. The van der Waals surface area contributed by atoms with Gasteiger partial charge in [-0.2, -0.15) is 0 Å². The SMILES string of the molecule is O=C(C=Cc1ccco1)ON1C(=O)c2ccccc2C1=O. The number of rotatable bonds is 3. The zero-order chi connectivity index (χ0) is 14.8. The quantitative estimate of drug-likeness (QED) is 0.636. The molecule has 2 aromatic rings. The van der Waals surface area contributed by atoms with Gasteiger partial charge in [0.05, 0.1) is 17.4 Å². The fourth-order valence-electron chi connectivity index (χ4n) is 1.91. The third-order valence-corrected chi connectivity index (χ3v) is 2.86. The first-order valence-corrected chi connectivity index (χ1v) is 6.08. The molecule has 0 aliphatic carbocycles. The minimum atomic E-state index is -0.846. The second kappa shape index (κ2) is 5.09. The number of carbonyl (C=O) groups is 3. The van der Waals surface area contributed by atoms with Crippen LogP contribution >= 0.6 is 0 Å². The summed E-state index contributed by atoms with van der Waals surface area (Å²) in [6, 6.07) is 9.57. The summed E-state index contributed by atoms with van der Waals surface area (Å²) in [5.74, 6) is -1.71. The summed E-state index contributed by atoms with van der Waals surface area (Å²) >= 11 is 0. The third-order valence-electron chi connectivity index (χ3n) is 2.86. The van der Waals surface area contributed by atoms with Crippen molar-refractivity contribution in [1.82, 2.24) is 5.06 Å². The molecule has 0 N–H and O–H groups in total. The molecule has 2 heterocycles. The Morgan fingerprint density at radius 1 is 1.05 bits per heavy atom. The highest BCUT2D eigenvalue weighted by atomic mass is 16.7. The zero-order valence-corrected chi connectivity index (χ0v) is 10.7. The van der Waals surface area contributed by atoms with E-state index < -0.39 is 17.8 Å². The number of imide groups is 1. The summed E-state index contributed by atoms with van der Waals surface area (Å²) in [7, 11) is 0. The Hall–Kier alpha value is -3.15. The standard InChI is InChI=1S/C15H9NO5/c17-13(8-7-10-4-3-9-20-10)21-16-14(18)11-5-1-2-6-12(11)15(16)19/h1-9H. The number of benzene rings is 1. The van der Waals surface area contributed by atoms with Crippen molar-refractivity contribution in [1.29, 1.82) is 0 Å². The molecule has 0 spiro atoms. The van der Waals surface area contributed by atoms with Crippen molar-refractivity contribution in [3.05, 3.63) is 65.6 Å². The molecule has 3 rings (SSSR count). The monoisotopic (exact) mass is 283 g/mol. The van der Waals surface area contributed by atoms with E-state index in [1.165, 1.54) is 24.5 Å². The summed E-state index contributed by atoms with van der Waals surface area (Å²) in [6.07, 6.45) is 3.90. The molecule has 1 aliphatic rings. The first kappa shape index (κ1) is 12.9. The topological polar surface area (TPSA) is 76.8 Å². The van der Waals surface area contributed by atoms with Gasteiger partial charge in [0.1, 0.15) is 5.76 Å². The highest BCUT2D eigenvalue weighted by Gasteiger charge is 2.38. The van der Waals surface area contributed by atoms with Gasteiger partial charge in [0, 0.05) is 6.08 Å². The van der Waals surface area contributed by atoms with Crippen molar-refractivity contribution >= 4 is 23.9 Å². The molecule has 1 aromatic carbocycles. The average Bonchev–Trinajstić information content (AvgIpc) is 3.09. The summed E-state index contributed by atoms with van der Waals surface area (Å²) in [5, 5.41) is 0.458. The molecule has 0 bridgehead atoms. The van der Waals surface area contributed by atoms with Gasteiger partial charge in [-0.25, -0.2) is 4.79 Å². The van der Waals surface area contributed by atoms with Gasteiger partial charge >= 0.3 is 5.97 Å². The number of carbonyl (C=O) groups excluding carboxylic acids is 3. The van der Waals surface area contributed by atoms with Crippen molar-refractivity contribution < 1.29 is 23.6 Å².